The van der Waals surface area contributed by atoms with E-state index >= 15 is 0 Å². The maximum atomic E-state index is 12.9. The van der Waals surface area contributed by atoms with Crippen molar-refractivity contribution in [3.63, 3.8) is 0 Å². The van der Waals surface area contributed by atoms with Gasteiger partial charge in [-0.2, -0.15) is 0 Å². The van der Waals surface area contributed by atoms with Gasteiger partial charge in [-0.05, 0) is 43.2 Å². The molecular formula is C21H21Cl2NO3. The van der Waals surface area contributed by atoms with Gasteiger partial charge in [0.15, 0.2) is 6.61 Å². The van der Waals surface area contributed by atoms with Crippen molar-refractivity contribution in [2.24, 2.45) is 0 Å². The smallest absolute Gasteiger partial charge is 0.340 e. The van der Waals surface area contributed by atoms with Crippen molar-refractivity contribution in [1.82, 2.24) is 0 Å². The van der Waals surface area contributed by atoms with E-state index in [9.17, 15) is 9.59 Å². The lowest BCUT2D eigenvalue weighted by Crippen LogP contribution is -2.43. The average Bonchev–Trinajstić information content (AvgIpc) is 2.68. The third-order valence-corrected chi connectivity index (χ3v) is 5.27. The quantitative estimate of drug-likeness (QED) is 0.615. The minimum Gasteiger partial charge on any atom is -0.452 e. The highest BCUT2D eigenvalue weighted by Gasteiger charge is 2.27. The number of anilines is 1. The van der Waals surface area contributed by atoms with E-state index in [0.29, 0.717) is 5.02 Å². The first-order valence-corrected chi connectivity index (χ1v) is 9.81. The van der Waals surface area contributed by atoms with Crippen molar-refractivity contribution in [3.05, 3.63) is 64.1 Å². The van der Waals surface area contributed by atoms with Gasteiger partial charge in [0.2, 0.25) is 0 Å². The third-order valence-electron chi connectivity index (χ3n) is 4.72. The van der Waals surface area contributed by atoms with Crippen LogP contribution in [0.3, 0.4) is 0 Å². The average molecular weight is 406 g/mol. The number of rotatable bonds is 5. The van der Waals surface area contributed by atoms with Crippen LogP contribution in [0.2, 0.25) is 10.0 Å². The predicted molar refractivity (Wildman–Crippen MR) is 108 cm³/mol. The van der Waals surface area contributed by atoms with E-state index in [0.717, 1.165) is 31.4 Å². The molecule has 1 aliphatic rings. The van der Waals surface area contributed by atoms with Crippen LogP contribution in [0, 0.1) is 0 Å². The molecule has 0 bridgehead atoms. The molecule has 1 saturated carbocycles. The molecule has 0 heterocycles. The number of ether oxygens (including phenoxy) is 1. The number of para-hydroxylation sites is 1. The lowest BCUT2D eigenvalue weighted by atomic mass is 9.93. The van der Waals surface area contributed by atoms with E-state index in [4.69, 9.17) is 27.9 Å². The van der Waals surface area contributed by atoms with Crippen LogP contribution < -0.4 is 4.90 Å². The van der Waals surface area contributed by atoms with Crippen molar-refractivity contribution in [2.75, 3.05) is 11.5 Å². The number of benzene rings is 2. The highest BCUT2D eigenvalue weighted by molar-refractivity contribution is 6.36. The molecule has 0 aromatic heterocycles. The monoisotopic (exact) mass is 405 g/mol. The lowest BCUT2D eigenvalue weighted by molar-refractivity contribution is -0.122. The van der Waals surface area contributed by atoms with Gasteiger partial charge in [0, 0.05) is 16.8 Å². The Bertz CT molecular complexity index is 804. The minimum absolute atomic E-state index is 0.131. The maximum absolute atomic E-state index is 12.9. The van der Waals surface area contributed by atoms with E-state index < -0.39 is 5.97 Å². The lowest BCUT2D eigenvalue weighted by Gasteiger charge is -2.34. The standard InChI is InChI=1S/C21H21Cl2NO3/c22-15-11-12-18(19(23)13-15)21(26)27-14-20(25)24(16-7-3-1-4-8-16)17-9-5-2-6-10-17/h1,3-4,7-8,11-13,17H,2,5-6,9-10,14H2. The van der Waals surface area contributed by atoms with Gasteiger partial charge in [-0.25, -0.2) is 4.79 Å². The second-order valence-corrected chi connectivity index (χ2v) is 7.44. The largest absolute Gasteiger partial charge is 0.452 e. The number of carbonyl (C=O) groups excluding carboxylic acids is 2. The Morgan fingerprint density at radius 1 is 1.00 bits per heavy atom. The molecule has 0 radical (unpaired) electrons. The van der Waals surface area contributed by atoms with Crippen LogP contribution in [0.4, 0.5) is 5.69 Å². The zero-order valence-corrected chi connectivity index (χ0v) is 16.4. The molecule has 1 amide bonds. The van der Waals surface area contributed by atoms with Crippen LogP contribution in [0.5, 0.6) is 0 Å². The summed E-state index contributed by atoms with van der Waals surface area (Å²) in [6.07, 6.45) is 5.30. The molecule has 6 heteroatoms. The van der Waals surface area contributed by atoms with Crippen LogP contribution in [-0.4, -0.2) is 24.5 Å². The highest BCUT2D eigenvalue weighted by atomic mass is 35.5. The van der Waals surface area contributed by atoms with E-state index in [-0.39, 0.29) is 29.1 Å². The molecule has 27 heavy (non-hydrogen) atoms. The Balaban J connectivity index is 1.71. The first-order valence-electron chi connectivity index (χ1n) is 9.05. The molecule has 2 aromatic rings. The van der Waals surface area contributed by atoms with Crippen LogP contribution in [0.25, 0.3) is 0 Å². The fourth-order valence-corrected chi connectivity index (χ4v) is 3.90. The van der Waals surface area contributed by atoms with Gasteiger partial charge in [0.1, 0.15) is 0 Å². The summed E-state index contributed by atoms with van der Waals surface area (Å²) in [5.41, 5.74) is 1.02. The van der Waals surface area contributed by atoms with E-state index in [1.54, 1.807) is 11.0 Å². The molecule has 0 spiro atoms. The molecule has 0 saturated heterocycles. The first kappa shape index (κ1) is 19.7. The van der Waals surface area contributed by atoms with Gasteiger partial charge in [-0.15, -0.1) is 0 Å². The molecular weight excluding hydrogens is 385 g/mol. The Hall–Kier alpha value is -2.04. The van der Waals surface area contributed by atoms with Crippen molar-refractivity contribution >= 4 is 40.8 Å². The number of hydrogen-bond donors (Lipinski definition) is 0. The Labute approximate surface area is 169 Å². The fraction of sp³-hybridized carbons (Fsp3) is 0.333. The number of hydrogen-bond acceptors (Lipinski definition) is 3. The minimum atomic E-state index is -0.637. The molecule has 0 aliphatic heterocycles. The zero-order valence-electron chi connectivity index (χ0n) is 14.9. The Morgan fingerprint density at radius 3 is 2.37 bits per heavy atom. The number of amides is 1. The van der Waals surface area contributed by atoms with Crippen molar-refractivity contribution in [1.29, 1.82) is 0 Å². The normalized spacial score (nSPS) is 14.6. The molecule has 0 N–H and O–H groups in total. The third kappa shape index (κ3) is 5.02. The van der Waals surface area contributed by atoms with Crippen molar-refractivity contribution in [2.45, 2.75) is 38.1 Å². The summed E-state index contributed by atoms with van der Waals surface area (Å²) in [5, 5.41) is 0.632. The summed E-state index contributed by atoms with van der Waals surface area (Å²) in [5.74, 6) is -0.867. The Kier molecular flexibility index (Phi) is 6.75. The van der Waals surface area contributed by atoms with Crippen LogP contribution in [0.15, 0.2) is 48.5 Å². The summed E-state index contributed by atoms with van der Waals surface area (Å²) in [6, 6.07) is 14.2. The SMILES string of the molecule is O=C(OCC(=O)N(c1ccccc1)C1CCCCC1)c1ccc(Cl)cc1Cl. The van der Waals surface area contributed by atoms with Gasteiger partial charge in [0.05, 0.1) is 10.6 Å². The van der Waals surface area contributed by atoms with Gasteiger partial charge >= 0.3 is 5.97 Å². The zero-order chi connectivity index (χ0) is 19.2. The summed E-state index contributed by atoms with van der Waals surface area (Å²) in [4.78, 5) is 27.0. The van der Waals surface area contributed by atoms with E-state index in [1.807, 2.05) is 30.3 Å². The predicted octanol–water partition coefficient (Wildman–Crippen LogP) is 5.52. The van der Waals surface area contributed by atoms with Crippen LogP contribution in [0.1, 0.15) is 42.5 Å². The summed E-state index contributed by atoms with van der Waals surface area (Å²) < 4.78 is 5.25. The highest BCUT2D eigenvalue weighted by Crippen LogP contribution is 2.28. The van der Waals surface area contributed by atoms with Gasteiger partial charge in [-0.3, -0.25) is 4.79 Å². The second-order valence-electron chi connectivity index (χ2n) is 6.59. The summed E-state index contributed by atoms with van der Waals surface area (Å²) in [6.45, 7) is -0.330. The number of halogens is 2. The number of carbonyl (C=O) groups is 2. The van der Waals surface area contributed by atoms with Crippen LogP contribution >= 0.6 is 23.2 Å². The molecule has 0 unspecified atom stereocenters. The maximum Gasteiger partial charge on any atom is 0.340 e. The summed E-state index contributed by atoms with van der Waals surface area (Å²) >= 11 is 11.9. The first-order chi connectivity index (χ1) is 13.1. The molecule has 142 valence electrons. The molecule has 3 rings (SSSR count). The van der Waals surface area contributed by atoms with Gasteiger partial charge < -0.3 is 9.64 Å². The Morgan fingerprint density at radius 2 is 1.70 bits per heavy atom. The molecule has 1 fully saturated rings. The molecule has 4 nitrogen and oxygen atoms in total. The van der Waals surface area contributed by atoms with E-state index in [1.165, 1.54) is 18.6 Å². The topological polar surface area (TPSA) is 46.6 Å². The number of esters is 1. The van der Waals surface area contributed by atoms with Crippen LogP contribution in [-0.2, 0) is 9.53 Å². The molecule has 2 aromatic carbocycles. The second kappa shape index (κ2) is 9.25. The van der Waals surface area contributed by atoms with Gasteiger partial charge in [-0.1, -0.05) is 60.7 Å². The summed E-state index contributed by atoms with van der Waals surface area (Å²) in [7, 11) is 0. The molecule has 1 aliphatic carbocycles. The molecule has 0 atom stereocenters. The van der Waals surface area contributed by atoms with Crippen molar-refractivity contribution < 1.29 is 14.3 Å². The van der Waals surface area contributed by atoms with Gasteiger partial charge in [0.25, 0.3) is 5.91 Å². The fourth-order valence-electron chi connectivity index (χ4n) is 3.42. The number of nitrogens with zero attached hydrogens (tertiary/aromatic N) is 1. The van der Waals surface area contributed by atoms with Crippen molar-refractivity contribution in [3.8, 4) is 0 Å². The van der Waals surface area contributed by atoms with E-state index in [2.05, 4.69) is 0 Å².